The molecule has 21 heavy (non-hydrogen) atoms. The van der Waals surface area contributed by atoms with E-state index < -0.39 is 15.8 Å². The van der Waals surface area contributed by atoms with E-state index in [2.05, 4.69) is 25.6 Å². The summed E-state index contributed by atoms with van der Waals surface area (Å²) in [6.45, 7) is 1.10. The number of hydrogen-bond donors (Lipinski definition) is 1. The highest BCUT2D eigenvalue weighted by Gasteiger charge is 2.15. The van der Waals surface area contributed by atoms with E-state index in [0.717, 1.165) is 19.0 Å². The number of nitrogens with zero attached hydrogens (tertiary/aromatic N) is 2. The van der Waals surface area contributed by atoms with Crippen LogP contribution in [0.3, 0.4) is 0 Å². The molecular formula is C13H15BrFN3O2S. The van der Waals surface area contributed by atoms with Gasteiger partial charge in [-0.1, -0.05) is 0 Å². The first-order valence-corrected chi connectivity index (χ1v) is 8.67. The van der Waals surface area contributed by atoms with Gasteiger partial charge in [0.2, 0.25) is 10.0 Å². The highest BCUT2D eigenvalue weighted by molar-refractivity contribution is 9.10. The van der Waals surface area contributed by atoms with Crippen molar-refractivity contribution in [1.29, 1.82) is 0 Å². The standard InChI is InChI=1S/C13H15BrFN3O2S/c14-12-4-3-11(9-13(12)15)21(19,20)17-5-1-2-7-18-8-6-16-10-18/h3-4,6,8-10,17H,1-2,5,7H2. The molecule has 0 radical (unpaired) electrons. The average Bonchev–Trinajstić information content (AvgIpc) is 2.94. The maximum atomic E-state index is 13.4. The zero-order valence-corrected chi connectivity index (χ0v) is 13.6. The van der Waals surface area contributed by atoms with Gasteiger partial charge in [-0.2, -0.15) is 0 Å². The smallest absolute Gasteiger partial charge is 0.240 e. The predicted molar refractivity (Wildman–Crippen MR) is 80.7 cm³/mol. The second-order valence-corrected chi connectivity index (χ2v) is 7.10. The Kier molecular flexibility index (Phi) is 5.49. The lowest BCUT2D eigenvalue weighted by Crippen LogP contribution is -2.25. The third-order valence-corrected chi connectivity index (χ3v) is 5.00. The Morgan fingerprint density at radius 1 is 1.33 bits per heavy atom. The van der Waals surface area contributed by atoms with E-state index >= 15 is 0 Å². The fourth-order valence-corrected chi connectivity index (χ4v) is 3.10. The molecule has 2 rings (SSSR count). The normalized spacial score (nSPS) is 11.7. The Morgan fingerprint density at radius 3 is 2.81 bits per heavy atom. The van der Waals surface area contributed by atoms with E-state index in [1.165, 1.54) is 12.1 Å². The summed E-state index contributed by atoms with van der Waals surface area (Å²) in [6, 6.07) is 3.74. The molecule has 5 nitrogen and oxygen atoms in total. The summed E-state index contributed by atoms with van der Waals surface area (Å²) >= 11 is 2.99. The van der Waals surface area contributed by atoms with Crippen LogP contribution in [0, 0.1) is 5.82 Å². The second kappa shape index (κ2) is 7.15. The van der Waals surface area contributed by atoms with Crippen molar-refractivity contribution in [2.45, 2.75) is 24.3 Å². The Labute approximate surface area is 131 Å². The number of aromatic nitrogens is 2. The zero-order chi connectivity index (χ0) is 15.3. The summed E-state index contributed by atoms with van der Waals surface area (Å²) in [7, 11) is -3.66. The molecule has 0 unspecified atom stereocenters. The quantitative estimate of drug-likeness (QED) is 0.756. The number of hydrogen-bond acceptors (Lipinski definition) is 3. The molecule has 0 amide bonds. The van der Waals surface area contributed by atoms with E-state index in [1.54, 1.807) is 12.5 Å². The van der Waals surface area contributed by atoms with Crippen molar-refractivity contribution < 1.29 is 12.8 Å². The fourth-order valence-electron chi connectivity index (χ4n) is 1.77. The first-order valence-electron chi connectivity index (χ1n) is 6.39. The van der Waals surface area contributed by atoms with Gasteiger partial charge in [-0.15, -0.1) is 0 Å². The van der Waals surface area contributed by atoms with Crippen molar-refractivity contribution in [3.8, 4) is 0 Å². The van der Waals surface area contributed by atoms with Gasteiger partial charge < -0.3 is 4.57 Å². The molecule has 0 atom stereocenters. The number of benzene rings is 1. The number of aryl methyl sites for hydroxylation is 1. The van der Waals surface area contributed by atoms with E-state index in [9.17, 15) is 12.8 Å². The van der Waals surface area contributed by atoms with Crippen LogP contribution in [-0.4, -0.2) is 24.5 Å². The molecule has 0 bridgehead atoms. The molecule has 1 aromatic carbocycles. The van der Waals surface area contributed by atoms with Crippen LogP contribution >= 0.6 is 15.9 Å². The molecule has 0 saturated carbocycles. The number of imidazole rings is 1. The van der Waals surface area contributed by atoms with Crippen LogP contribution in [0.4, 0.5) is 4.39 Å². The second-order valence-electron chi connectivity index (χ2n) is 4.48. The third-order valence-electron chi connectivity index (χ3n) is 2.90. The molecule has 0 saturated heterocycles. The fraction of sp³-hybridized carbons (Fsp3) is 0.308. The minimum absolute atomic E-state index is 0.0715. The summed E-state index contributed by atoms with van der Waals surface area (Å²) in [5.41, 5.74) is 0. The number of sulfonamides is 1. The molecule has 1 N–H and O–H groups in total. The molecule has 8 heteroatoms. The summed E-state index contributed by atoms with van der Waals surface area (Å²) in [4.78, 5) is 3.86. The highest BCUT2D eigenvalue weighted by atomic mass is 79.9. The van der Waals surface area contributed by atoms with Gasteiger partial charge in [-0.3, -0.25) is 0 Å². The Bertz CT molecular complexity index is 689. The molecule has 0 fully saturated rings. The van der Waals surface area contributed by atoms with Crippen molar-refractivity contribution in [2.24, 2.45) is 0 Å². The van der Waals surface area contributed by atoms with Gasteiger partial charge in [-0.05, 0) is 47.0 Å². The molecule has 1 aromatic heterocycles. The predicted octanol–water partition coefficient (Wildman–Crippen LogP) is 2.54. The summed E-state index contributed by atoms with van der Waals surface area (Å²) in [5, 5.41) is 0. The van der Waals surface area contributed by atoms with E-state index in [-0.39, 0.29) is 9.37 Å². The van der Waals surface area contributed by atoms with Crippen LogP contribution in [0.5, 0.6) is 0 Å². The van der Waals surface area contributed by atoms with Gasteiger partial charge in [0.1, 0.15) is 5.82 Å². The van der Waals surface area contributed by atoms with Gasteiger partial charge in [0, 0.05) is 25.5 Å². The Hall–Kier alpha value is -1.25. The van der Waals surface area contributed by atoms with E-state index in [4.69, 9.17) is 0 Å². The number of halogens is 2. The van der Waals surface area contributed by atoms with E-state index in [0.29, 0.717) is 13.0 Å². The number of nitrogens with one attached hydrogen (secondary N) is 1. The molecule has 2 aromatic rings. The average molecular weight is 376 g/mol. The van der Waals surface area contributed by atoms with Crippen LogP contribution < -0.4 is 4.72 Å². The Morgan fingerprint density at radius 2 is 2.14 bits per heavy atom. The molecule has 0 aliphatic carbocycles. The summed E-state index contributed by atoms with van der Waals surface area (Å²) < 4.78 is 42.0. The lowest BCUT2D eigenvalue weighted by atomic mass is 10.3. The topological polar surface area (TPSA) is 64.0 Å². The maximum Gasteiger partial charge on any atom is 0.240 e. The molecule has 0 aliphatic heterocycles. The first-order chi connectivity index (χ1) is 9.99. The molecule has 0 spiro atoms. The number of rotatable bonds is 7. The molecule has 1 heterocycles. The molecule has 114 valence electrons. The first kappa shape index (κ1) is 16.1. The zero-order valence-electron chi connectivity index (χ0n) is 11.2. The minimum atomic E-state index is -3.66. The van der Waals surface area contributed by atoms with Gasteiger partial charge in [0.05, 0.1) is 15.7 Å². The van der Waals surface area contributed by atoms with Crippen LogP contribution in [0.2, 0.25) is 0 Å². The van der Waals surface area contributed by atoms with E-state index in [1.807, 2.05) is 10.8 Å². The van der Waals surface area contributed by atoms with Gasteiger partial charge in [0.25, 0.3) is 0 Å². The van der Waals surface area contributed by atoms with Crippen LogP contribution in [0.15, 0.2) is 46.3 Å². The van der Waals surface area contributed by atoms with Crippen LogP contribution in [0.25, 0.3) is 0 Å². The maximum absolute atomic E-state index is 13.4. The van der Waals surface area contributed by atoms with Crippen molar-refractivity contribution in [3.63, 3.8) is 0 Å². The van der Waals surface area contributed by atoms with Crippen LogP contribution in [0.1, 0.15) is 12.8 Å². The molecule has 0 aliphatic rings. The minimum Gasteiger partial charge on any atom is -0.337 e. The number of unbranched alkanes of at least 4 members (excludes halogenated alkanes) is 1. The van der Waals surface area contributed by atoms with Crippen molar-refractivity contribution in [2.75, 3.05) is 6.54 Å². The van der Waals surface area contributed by atoms with Gasteiger partial charge >= 0.3 is 0 Å². The Balaban J connectivity index is 1.82. The monoisotopic (exact) mass is 375 g/mol. The third kappa shape index (κ3) is 4.62. The lowest BCUT2D eigenvalue weighted by Gasteiger charge is -2.07. The van der Waals surface area contributed by atoms with Gasteiger partial charge in [-0.25, -0.2) is 22.5 Å². The van der Waals surface area contributed by atoms with Gasteiger partial charge in [0.15, 0.2) is 0 Å². The lowest BCUT2D eigenvalue weighted by molar-refractivity contribution is 0.563. The summed E-state index contributed by atoms with van der Waals surface area (Å²) in [5.74, 6) is -0.599. The van der Waals surface area contributed by atoms with Crippen molar-refractivity contribution in [1.82, 2.24) is 14.3 Å². The molecular weight excluding hydrogens is 361 g/mol. The summed E-state index contributed by atoms with van der Waals surface area (Å²) in [6.07, 6.45) is 6.79. The largest absolute Gasteiger partial charge is 0.337 e. The van der Waals surface area contributed by atoms with Crippen molar-refractivity contribution in [3.05, 3.63) is 47.2 Å². The van der Waals surface area contributed by atoms with Crippen molar-refractivity contribution >= 4 is 26.0 Å². The SMILES string of the molecule is O=S(=O)(NCCCCn1ccnc1)c1ccc(Br)c(F)c1. The highest BCUT2D eigenvalue weighted by Crippen LogP contribution is 2.19. The van der Waals surface area contributed by atoms with Crippen LogP contribution in [-0.2, 0) is 16.6 Å².